The van der Waals surface area contributed by atoms with Crippen LogP contribution in [0.5, 0.6) is 0 Å². The molecule has 0 aromatic heterocycles. The largest absolute Gasteiger partial charge is 0.348 e. The van der Waals surface area contributed by atoms with E-state index in [9.17, 15) is 9.59 Å². The Kier molecular flexibility index (Phi) is 6.13. The van der Waals surface area contributed by atoms with Crippen LogP contribution >= 0.6 is 0 Å². The lowest BCUT2D eigenvalue weighted by Gasteiger charge is -2.24. The van der Waals surface area contributed by atoms with Crippen LogP contribution in [0.3, 0.4) is 0 Å². The summed E-state index contributed by atoms with van der Waals surface area (Å²) in [6, 6.07) is 17.4. The number of rotatable bonds is 6. The minimum Gasteiger partial charge on any atom is -0.348 e. The zero-order valence-corrected chi connectivity index (χ0v) is 14.5. The van der Waals surface area contributed by atoms with Gasteiger partial charge in [0, 0.05) is 12.6 Å². The number of aryl methyl sites for hydroxylation is 1. The number of para-hydroxylation sites is 1. The van der Waals surface area contributed by atoms with Crippen LogP contribution in [0.2, 0.25) is 0 Å². The molecule has 0 heterocycles. The molecule has 0 aliphatic carbocycles. The van der Waals surface area contributed by atoms with Crippen LogP contribution in [0, 0.1) is 0 Å². The van der Waals surface area contributed by atoms with E-state index in [-0.39, 0.29) is 24.4 Å². The molecule has 0 saturated carbocycles. The smallest absolute Gasteiger partial charge is 0.240 e. The van der Waals surface area contributed by atoms with Gasteiger partial charge in [-0.15, -0.1) is 0 Å². The Bertz CT molecular complexity index is 698. The fourth-order valence-corrected chi connectivity index (χ4v) is 2.70. The molecule has 126 valence electrons. The lowest BCUT2D eigenvalue weighted by Crippen LogP contribution is -2.41. The lowest BCUT2D eigenvalue weighted by molar-refractivity contribution is -0.123. The molecule has 2 aromatic carbocycles. The molecule has 1 unspecified atom stereocenters. The first-order chi connectivity index (χ1) is 11.5. The molecule has 1 N–H and O–H groups in total. The highest BCUT2D eigenvalue weighted by atomic mass is 16.2. The number of hydrogen-bond acceptors (Lipinski definition) is 2. The number of anilines is 1. The van der Waals surface area contributed by atoms with Gasteiger partial charge in [0.15, 0.2) is 0 Å². The molecule has 0 saturated heterocycles. The molecule has 0 aliphatic heterocycles. The van der Waals surface area contributed by atoms with Gasteiger partial charge in [-0.25, -0.2) is 0 Å². The summed E-state index contributed by atoms with van der Waals surface area (Å²) in [7, 11) is 0. The Hall–Kier alpha value is -2.62. The van der Waals surface area contributed by atoms with Crippen molar-refractivity contribution in [2.75, 3.05) is 11.4 Å². The lowest BCUT2D eigenvalue weighted by atomic mass is 10.1. The summed E-state index contributed by atoms with van der Waals surface area (Å²) in [5.74, 6) is -0.314. The molecule has 4 nitrogen and oxygen atoms in total. The molecule has 24 heavy (non-hydrogen) atoms. The van der Waals surface area contributed by atoms with Crippen LogP contribution in [-0.4, -0.2) is 18.4 Å². The van der Waals surface area contributed by atoms with Gasteiger partial charge >= 0.3 is 0 Å². The topological polar surface area (TPSA) is 49.4 Å². The molecule has 2 rings (SSSR count). The normalized spacial score (nSPS) is 11.6. The highest BCUT2D eigenvalue weighted by Crippen LogP contribution is 2.21. The maximum Gasteiger partial charge on any atom is 0.240 e. The first-order valence-electron chi connectivity index (χ1n) is 8.23. The van der Waals surface area contributed by atoms with Crippen molar-refractivity contribution in [2.24, 2.45) is 0 Å². The van der Waals surface area contributed by atoms with Crippen LogP contribution in [0.4, 0.5) is 5.69 Å². The zero-order valence-electron chi connectivity index (χ0n) is 14.5. The van der Waals surface area contributed by atoms with E-state index < -0.39 is 0 Å². The number of nitrogens with zero attached hydrogens (tertiary/aromatic N) is 1. The Morgan fingerprint density at radius 1 is 1.04 bits per heavy atom. The van der Waals surface area contributed by atoms with E-state index in [1.807, 2.05) is 68.4 Å². The first kappa shape index (κ1) is 17.7. The second kappa shape index (κ2) is 8.29. The quantitative estimate of drug-likeness (QED) is 0.884. The van der Waals surface area contributed by atoms with Crippen LogP contribution in [0.1, 0.15) is 37.9 Å². The van der Waals surface area contributed by atoms with Crippen LogP contribution < -0.4 is 10.2 Å². The number of carbonyl (C=O) groups excluding carboxylic acids is 2. The standard InChI is InChI=1S/C20H24N2O2/c1-4-17-10-8-9-13-19(17)22(16(3)23)14-20(24)21-15(2)18-11-6-5-7-12-18/h5-13,15H,4,14H2,1-3H3,(H,21,24). The molecule has 0 aliphatic rings. The van der Waals surface area contributed by atoms with Gasteiger partial charge in [-0.2, -0.15) is 0 Å². The van der Waals surface area contributed by atoms with Gasteiger partial charge < -0.3 is 10.2 Å². The van der Waals surface area contributed by atoms with Crippen molar-refractivity contribution in [2.45, 2.75) is 33.2 Å². The van der Waals surface area contributed by atoms with E-state index in [1.54, 1.807) is 0 Å². The predicted octanol–water partition coefficient (Wildman–Crippen LogP) is 3.48. The highest BCUT2D eigenvalue weighted by Gasteiger charge is 2.19. The monoisotopic (exact) mass is 324 g/mol. The average Bonchev–Trinajstić information content (AvgIpc) is 2.60. The summed E-state index contributed by atoms with van der Waals surface area (Å²) in [6.07, 6.45) is 0.808. The van der Waals surface area contributed by atoms with E-state index in [4.69, 9.17) is 0 Å². The van der Waals surface area contributed by atoms with E-state index in [0.717, 1.165) is 23.2 Å². The van der Waals surface area contributed by atoms with Crippen LogP contribution in [-0.2, 0) is 16.0 Å². The van der Waals surface area contributed by atoms with Crippen molar-refractivity contribution in [3.63, 3.8) is 0 Å². The number of amides is 2. The fraction of sp³-hybridized carbons (Fsp3) is 0.300. The molecule has 0 radical (unpaired) electrons. The number of nitrogens with one attached hydrogen (secondary N) is 1. The van der Waals surface area contributed by atoms with Gasteiger partial charge in [0.05, 0.1) is 6.04 Å². The summed E-state index contributed by atoms with van der Waals surface area (Å²) in [4.78, 5) is 26.0. The van der Waals surface area contributed by atoms with Gasteiger partial charge in [-0.05, 0) is 30.5 Å². The van der Waals surface area contributed by atoms with Gasteiger partial charge in [0.2, 0.25) is 11.8 Å². The fourth-order valence-electron chi connectivity index (χ4n) is 2.70. The third-order valence-electron chi connectivity index (χ3n) is 4.02. The maximum atomic E-state index is 12.4. The molecule has 4 heteroatoms. The molecule has 0 bridgehead atoms. The Morgan fingerprint density at radius 3 is 2.29 bits per heavy atom. The predicted molar refractivity (Wildman–Crippen MR) is 96.8 cm³/mol. The molecular weight excluding hydrogens is 300 g/mol. The zero-order chi connectivity index (χ0) is 17.5. The van der Waals surface area contributed by atoms with Crippen molar-refractivity contribution in [3.8, 4) is 0 Å². The van der Waals surface area contributed by atoms with Crippen molar-refractivity contribution in [1.29, 1.82) is 0 Å². The number of benzene rings is 2. The van der Waals surface area contributed by atoms with Crippen LogP contribution in [0.25, 0.3) is 0 Å². The molecule has 0 fully saturated rings. The molecule has 2 amide bonds. The summed E-state index contributed by atoms with van der Waals surface area (Å²) >= 11 is 0. The summed E-state index contributed by atoms with van der Waals surface area (Å²) in [5.41, 5.74) is 2.89. The second-order valence-corrected chi connectivity index (χ2v) is 5.79. The molecule has 0 spiro atoms. The maximum absolute atomic E-state index is 12.4. The molecular formula is C20H24N2O2. The molecule has 2 aromatic rings. The van der Waals surface area contributed by atoms with Crippen molar-refractivity contribution in [3.05, 3.63) is 65.7 Å². The third kappa shape index (κ3) is 4.44. The first-order valence-corrected chi connectivity index (χ1v) is 8.23. The van der Waals surface area contributed by atoms with Crippen molar-refractivity contribution >= 4 is 17.5 Å². The van der Waals surface area contributed by atoms with Gasteiger partial charge in [0.25, 0.3) is 0 Å². The van der Waals surface area contributed by atoms with E-state index in [2.05, 4.69) is 5.32 Å². The molecule has 1 atom stereocenters. The Morgan fingerprint density at radius 2 is 1.67 bits per heavy atom. The third-order valence-corrected chi connectivity index (χ3v) is 4.02. The SMILES string of the molecule is CCc1ccccc1N(CC(=O)NC(C)c1ccccc1)C(C)=O. The van der Waals surface area contributed by atoms with Crippen LogP contribution in [0.15, 0.2) is 54.6 Å². The average molecular weight is 324 g/mol. The highest BCUT2D eigenvalue weighted by molar-refractivity contribution is 5.98. The van der Waals surface area contributed by atoms with Gasteiger partial charge in [0.1, 0.15) is 6.54 Å². The number of carbonyl (C=O) groups is 2. The minimum absolute atomic E-state index is 0.0174. The summed E-state index contributed by atoms with van der Waals surface area (Å²) in [6.45, 7) is 5.48. The van der Waals surface area contributed by atoms with E-state index in [1.165, 1.54) is 11.8 Å². The Labute approximate surface area is 143 Å². The van der Waals surface area contributed by atoms with Gasteiger partial charge in [-0.3, -0.25) is 9.59 Å². The second-order valence-electron chi connectivity index (χ2n) is 5.79. The summed E-state index contributed by atoms with van der Waals surface area (Å²) < 4.78 is 0. The minimum atomic E-state index is -0.174. The number of hydrogen-bond donors (Lipinski definition) is 1. The summed E-state index contributed by atoms with van der Waals surface area (Å²) in [5, 5.41) is 2.96. The van der Waals surface area contributed by atoms with E-state index >= 15 is 0 Å². The van der Waals surface area contributed by atoms with Crippen molar-refractivity contribution in [1.82, 2.24) is 5.32 Å². The Balaban J connectivity index is 2.10. The van der Waals surface area contributed by atoms with Gasteiger partial charge in [-0.1, -0.05) is 55.5 Å². The van der Waals surface area contributed by atoms with Crippen molar-refractivity contribution < 1.29 is 9.59 Å². The van der Waals surface area contributed by atoms with E-state index in [0.29, 0.717) is 0 Å².